The molecule has 0 saturated carbocycles. The molecular formula is C23H26N2O2S. The number of fused-ring (bicyclic) bond motifs is 1. The number of nitrogens with zero attached hydrogens (tertiary/aromatic N) is 2. The predicted octanol–water partition coefficient (Wildman–Crippen LogP) is 4.92. The number of benzene rings is 2. The molecule has 0 N–H and O–H groups in total. The van der Waals surface area contributed by atoms with E-state index in [9.17, 15) is 4.79 Å². The smallest absolute Gasteiger partial charge is 0.233 e. The number of hydrogen-bond donors (Lipinski definition) is 0. The zero-order valence-corrected chi connectivity index (χ0v) is 17.3. The number of aryl methyl sites for hydroxylation is 2. The van der Waals surface area contributed by atoms with Crippen LogP contribution in [-0.4, -0.2) is 30.1 Å². The third-order valence-electron chi connectivity index (χ3n) is 5.29. The molecule has 1 saturated heterocycles. The van der Waals surface area contributed by atoms with Crippen molar-refractivity contribution in [2.75, 3.05) is 18.1 Å². The highest BCUT2D eigenvalue weighted by molar-refractivity contribution is 7.22. The van der Waals surface area contributed by atoms with Gasteiger partial charge in [-0.1, -0.05) is 60.2 Å². The van der Waals surface area contributed by atoms with Crippen molar-refractivity contribution in [3.05, 3.63) is 59.2 Å². The summed E-state index contributed by atoms with van der Waals surface area (Å²) in [5.74, 6) is 0.0801. The fourth-order valence-electron chi connectivity index (χ4n) is 3.65. The van der Waals surface area contributed by atoms with Gasteiger partial charge in [-0.2, -0.15) is 0 Å². The lowest BCUT2D eigenvalue weighted by atomic mass is 10.1. The molecule has 4 rings (SSSR count). The van der Waals surface area contributed by atoms with Gasteiger partial charge in [0.15, 0.2) is 5.13 Å². The Morgan fingerprint density at radius 2 is 2.07 bits per heavy atom. The second-order valence-electron chi connectivity index (χ2n) is 7.42. The molecule has 3 aromatic rings. The number of hydrogen-bond acceptors (Lipinski definition) is 4. The van der Waals surface area contributed by atoms with Crippen LogP contribution in [0, 0.1) is 6.92 Å². The normalized spacial score (nSPS) is 16.6. The van der Waals surface area contributed by atoms with Gasteiger partial charge < -0.3 is 4.74 Å². The molecule has 1 fully saturated rings. The molecule has 146 valence electrons. The van der Waals surface area contributed by atoms with Crippen LogP contribution in [0.1, 0.15) is 36.5 Å². The van der Waals surface area contributed by atoms with Crippen molar-refractivity contribution in [2.45, 2.75) is 45.6 Å². The Morgan fingerprint density at radius 1 is 1.25 bits per heavy atom. The lowest BCUT2D eigenvalue weighted by Crippen LogP contribution is -2.38. The Kier molecular flexibility index (Phi) is 5.74. The van der Waals surface area contributed by atoms with Crippen LogP contribution < -0.4 is 4.90 Å². The van der Waals surface area contributed by atoms with Crippen LogP contribution in [-0.2, 0) is 22.4 Å². The first-order valence-corrected chi connectivity index (χ1v) is 10.8. The average molecular weight is 395 g/mol. The van der Waals surface area contributed by atoms with Crippen molar-refractivity contribution in [3.8, 4) is 0 Å². The highest BCUT2D eigenvalue weighted by Gasteiger charge is 2.26. The van der Waals surface area contributed by atoms with E-state index < -0.39 is 0 Å². The first-order chi connectivity index (χ1) is 13.6. The molecule has 2 aromatic carbocycles. The minimum absolute atomic E-state index is 0.0801. The molecule has 5 heteroatoms. The Labute approximate surface area is 170 Å². The fraction of sp³-hybridized carbons (Fsp3) is 0.391. The van der Waals surface area contributed by atoms with Gasteiger partial charge in [0.25, 0.3) is 0 Å². The molecule has 0 bridgehead atoms. The minimum Gasteiger partial charge on any atom is -0.376 e. The van der Waals surface area contributed by atoms with E-state index >= 15 is 0 Å². The maximum atomic E-state index is 13.3. The van der Waals surface area contributed by atoms with E-state index in [0.29, 0.717) is 13.0 Å². The van der Waals surface area contributed by atoms with E-state index in [2.05, 4.69) is 44.2 Å². The Balaban J connectivity index is 1.64. The fourth-order valence-corrected chi connectivity index (χ4v) is 4.69. The number of carbonyl (C=O) groups is 1. The molecule has 0 spiro atoms. The number of ether oxygens (including phenoxy) is 1. The summed E-state index contributed by atoms with van der Waals surface area (Å²) in [5.41, 5.74) is 4.47. The molecule has 1 aromatic heterocycles. The number of amides is 1. The zero-order valence-electron chi connectivity index (χ0n) is 16.5. The number of rotatable bonds is 6. The van der Waals surface area contributed by atoms with Gasteiger partial charge in [-0.3, -0.25) is 9.69 Å². The van der Waals surface area contributed by atoms with Gasteiger partial charge in [0.1, 0.15) is 0 Å². The number of aromatic nitrogens is 1. The minimum atomic E-state index is 0.0801. The Bertz CT molecular complexity index is 958. The van der Waals surface area contributed by atoms with Crippen molar-refractivity contribution < 1.29 is 9.53 Å². The molecule has 1 aliphatic heterocycles. The van der Waals surface area contributed by atoms with E-state index in [1.165, 1.54) is 11.1 Å². The van der Waals surface area contributed by atoms with Crippen molar-refractivity contribution >= 4 is 32.6 Å². The molecule has 2 heterocycles. The van der Waals surface area contributed by atoms with Gasteiger partial charge in [-0.15, -0.1) is 0 Å². The van der Waals surface area contributed by atoms with E-state index in [1.807, 2.05) is 17.0 Å². The Hall–Kier alpha value is -2.24. The summed E-state index contributed by atoms with van der Waals surface area (Å²) in [6.45, 7) is 5.55. The summed E-state index contributed by atoms with van der Waals surface area (Å²) in [6.07, 6.45) is 3.47. The lowest BCUT2D eigenvalue weighted by molar-refractivity contribution is -0.118. The number of para-hydroxylation sites is 1. The van der Waals surface area contributed by atoms with Crippen LogP contribution in [0.15, 0.2) is 42.5 Å². The highest BCUT2D eigenvalue weighted by atomic mass is 32.1. The van der Waals surface area contributed by atoms with Crippen molar-refractivity contribution in [2.24, 2.45) is 0 Å². The van der Waals surface area contributed by atoms with Gasteiger partial charge in [-0.25, -0.2) is 4.98 Å². The van der Waals surface area contributed by atoms with Crippen molar-refractivity contribution in [1.82, 2.24) is 4.98 Å². The van der Waals surface area contributed by atoms with E-state index in [1.54, 1.807) is 11.3 Å². The second-order valence-corrected chi connectivity index (χ2v) is 8.42. The third-order valence-corrected chi connectivity index (χ3v) is 6.33. The number of anilines is 1. The van der Waals surface area contributed by atoms with E-state index in [-0.39, 0.29) is 12.0 Å². The summed E-state index contributed by atoms with van der Waals surface area (Å²) in [5, 5.41) is 0.781. The van der Waals surface area contributed by atoms with Crippen LogP contribution >= 0.6 is 11.3 Å². The monoisotopic (exact) mass is 394 g/mol. The van der Waals surface area contributed by atoms with E-state index in [4.69, 9.17) is 9.72 Å². The van der Waals surface area contributed by atoms with Gasteiger partial charge in [0, 0.05) is 6.61 Å². The molecule has 1 aliphatic rings. The largest absolute Gasteiger partial charge is 0.376 e. The summed E-state index contributed by atoms with van der Waals surface area (Å²) >= 11 is 1.60. The molecule has 0 radical (unpaired) electrons. The maximum absolute atomic E-state index is 13.3. The van der Waals surface area contributed by atoms with Crippen molar-refractivity contribution in [3.63, 3.8) is 0 Å². The summed E-state index contributed by atoms with van der Waals surface area (Å²) in [6, 6.07) is 14.4. The quantitative estimate of drug-likeness (QED) is 0.596. The molecular weight excluding hydrogens is 368 g/mol. The first kappa shape index (κ1) is 19.1. The maximum Gasteiger partial charge on any atom is 0.233 e. The molecule has 28 heavy (non-hydrogen) atoms. The standard InChI is InChI=1S/C23H26N2O2S/c1-3-18-6-4-8-20-22(18)24-23(28-20)25(15-19-7-5-13-27-19)21(26)14-17-11-9-16(2)10-12-17/h4,6,8-12,19H,3,5,7,13-15H2,1-2H3. The predicted molar refractivity (Wildman–Crippen MR) is 115 cm³/mol. The highest BCUT2D eigenvalue weighted by Crippen LogP contribution is 2.32. The second kappa shape index (κ2) is 8.41. The summed E-state index contributed by atoms with van der Waals surface area (Å²) in [7, 11) is 0. The zero-order chi connectivity index (χ0) is 19.5. The van der Waals surface area contributed by atoms with Crippen LogP contribution in [0.3, 0.4) is 0 Å². The van der Waals surface area contributed by atoms with Crippen LogP contribution in [0.5, 0.6) is 0 Å². The number of carbonyl (C=O) groups excluding carboxylic acids is 1. The molecule has 0 aliphatic carbocycles. The first-order valence-electron chi connectivity index (χ1n) is 10.00. The van der Waals surface area contributed by atoms with Crippen LogP contribution in [0.2, 0.25) is 0 Å². The topological polar surface area (TPSA) is 42.4 Å². The van der Waals surface area contributed by atoms with Gasteiger partial charge in [-0.05, 0) is 43.4 Å². The van der Waals surface area contributed by atoms with Gasteiger partial charge in [0.2, 0.25) is 5.91 Å². The van der Waals surface area contributed by atoms with Crippen LogP contribution in [0.25, 0.3) is 10.2 Å². The molecule has 1 atom stereocenters. The third kappa shape index (κ3) is 4.10. The van der Waals surface area contributed by atoms with Gasteiger partial charge in [0.05, 0.1) is 29.3 Å². The molecule has 1 amide bonds. The summed E-state index contributed by atoms with van der Waals surface area (Å²) < 4.78 is 6.96. The van der Waals surface area contributed by atoms with Crippen LogP contribution in [0.4, 0.5) is 5.13 Å². The molecule has 4 nitrogen and oxygen atoms in total. The molecule has 1 unspecified atom stereocenters. The van der Waals surface area contributed by atoms with Crippen molar-refractivity contribution in [1.29, 1.82) is 0 Å². The van der Waals surface area contributed by atoms with E-state index in [0.717, 1.165) is 46.8 Å². The Morgan fingerprint density at radius 3 is 2.79 bits per heavy atom. The average Bonchev–Trinajstić information content (AvgIpc) is 3.36. The van der Waals surface area contributed by atoms with Gasteiger partial charge >= 0.3 is 0 Å². The SMILES string of the molecule is CCc1cccc2sc(N(CC3CCCO3)C(=O)Cc3ccc(C)cc3)nc12. The summed E-state index contributed by atoms with van der Waals surface area (Å²) in [4.78, 5) is 20.0. The number of thiazole rings is 1. The lowest BCUT2D eigenvalue weighted by Gasteiger charge is -2.23.